The van der Waals surface area contributed by atoms with E-state index in [-0.39, 0.29) is 5.92 Å². The molecule has 0 bridgehead atoms. The molecule has 1 atom stereocenters. The lowest BCUT2D eigenvalue weighted by Gasteiger charge is -2.19. The van der Waals surface area contributed by atoms with Crippen molar-refractivity contribution in [3.05, 3.63) is 58.1 Å². The van der Waals surface area contributed by atoms with E-state index in [0.29, 0.717) is 18.2 Å². The number of rotatable bonds is 7. The Balaban J connectivity index is 2.26. The standard InChI is InChI=1S/C19H24ClNO2/c1-4-23-19-8-6-14(11-17(19)20)10-15(12-21)16-9-13(2)5-7-18(16)22-3/h5-9,11,15H,4,10,12,21H2,1-3H3. The Labute approximate surface area is 143 Å². The van der Waals surface area contributed by atoms with Crippen LogP contribution < -0.4 is 15.2 Å². The monoisotopic (exact) mass is 333 g/mol. The molecule has 0 radical (unpaired) electrons. The number of aryl methyl sites for hydroxylation is 1. The molecule has 0 aliphatic heterocycles. The first-order chi connectivity index (χ1) is 11.1. The van der Waals surface area contributed by atoms with Gasteiger partial charge in [0.25, 0.3) is 0 Å². The van der Waals surface area contributed by atoms with Crippen LogP contribution in [0.3, 0.4) is 0 Å². The Morgan fingerprint density at radius 2 is 1.87 bits per heavy atom. The summed E-state index contributed by atoms with van der Waals surface area (Å²) in [7, 11) is 1.69. The third-order valence-electron chi connectivity index (χ3n) is 3.89. The lowest BCUT2D eigenvalue weighted by atomic mass is 9.90. The van der Waals surface area contributed by atoms with Crippen molar-refractivity contribution in [2.75, 3.05) is 20.3 Å². The molecular weight excluding hydrogens is 310 g/mol. The lowest BCUT2D eigenvalue weighted by molar-refractivity contribution is 0.340. The van der Waals surface area contributed by atoms with Gasteiger partial charge in [-0.1, -0.05) is 35.4 Å². The van der Waals surface area contributed by atoms with Crippen LogP contribution in [-0.4, -0.2) is 20.3 Å². The van der Waals surface area contributed by atoms with Crippen LogP contribution >= 0.6 is 11.6 Å². The summed E-state index contributed by atoms with van der Waals surface area (Å²) in [5.74, 6) is 1.78. The van der Waals surface area contributed by atoms with Crippen LogP contribution in [-0.2, 0) is 6.42 Å². The van der Waals surface area contributed by atoms with Gasteiger partial charge in [0.2, 0.25) is 0 Å². The van der Waals surface area contributed by atoms with Crippen LogP contribution in [0.1, 0.15) is 29.5 Å². The molecule has 4 heteroatoms. The van der Waals surface area contributed by atoms with E-state index in [1.165, 1.54) is 5.56 Å². The van der Waals surface area contributed by atoms with Crippen LogP contribution in [0.15, 0.2) is 36.4 Å². The zero-order chi connectivity index (χ0) is 16.8. The SMILES string of the molecule is CCOc1ccc(CC(CN)c2cc(C)ccc2OC)cc1Cl. The zero-order valence-electron chi connectivity index (χ0n) is 13.9. The third-order valence-corrected chi connectivity index (χ3v) is 4.18. The summed E-state index contributed by atoms with van der Waals surface area (Å²) < 4.78 is 11.0. The Bertz CT molecular complexity index is 658. The van der Waals surface area contributed by atoms with E-state index < -0.39 is 0 Å². The van der Waals surface area contributed by atoms with Crippen LogP contribution in [0.2, 0.25) is 5.02 Å². The number of ether oxygens (including phenoxy) is 2. The second-order valence-corrected chi connectivity index (χ2v) is 5.99. The molecule has 0 amide bonds. The number of hydrogen-bond acceptors (Lipinski definition) is 3. The fourth-order valence-electron chi connectivity index (χ4n) is 2.72. The minimum absolute atomic E-state index is 0.180. The maximum Gasteiger partial charge on any atom is 0.137 e. The first-order valence-electron chi connectivity index (χ1n) is 7.84. The van der Waals surface area contributed by atoms with Crippen LogP contribution in [0.5, 0.6) is 11.5 Å². The molecule has 124 valence electrons. The molecule has 2 rings (SSSR count). The fraction of sp³-hybridized carbons (Fsp3) is 0.368. The molecule has 0 fully saturated rings. The number of halogens is 1. The van der Waals surface area contributed by atoms with Gasteiger partial charge in [-0.2, -0.15) is 0 Å². The quantitative estimate of drug-likeness (QED) is 0.819. The Morgan fingerprint density at radius 1 is 1.13 bits per heavy atom. The van der Waals surface area contributed by atoms with Gasteiger partial charge >= 0.3 is 0 Å². The van der Waals surface area contributed by atoms with Crippen molar-refractivity contribution in [3.63, 3.8) is 0 Å². The van der Waals surface area contributed by atoms with Crippen molar-refractivity contribution in [3.8, 4) is 11.5 Å². The summed E-state index contributed by atoms with van der Waals surface area (Å²) in [5, 5.41) is 0.635. The molecule has 0 saturated heterocycles. The van der Waals surface area contributed by atoms with E-state index >= 15 is 0 Å². The van der Waals surface area contributed by atoms with Crippen LogP contribution in [0, 0.1) is 6.92 Å². The highest BCUT2D eigenvalue weighted by Gasteiger charge is 2.16. The van der Waals surface area contributed by atoms with Gasteiger partial charge in [0.15, 0.2) is 0 Å². The Hall–Kier alpha value is -1.71. The summed E-state index contributed by atoms with van der Waals surface area (Å²) in [6.07, 6.45) is 0.808. The first kappa shape index (κ1) is 17.6. The number of nitrogens with two attached hydrogens (primary N) is 1. The van der Waals surface area contributed by atoms with Crippen molar-refractivity contribution in [2.24, 2.45) is 5.73 Å². The van der Waals surface area contributed by atoms with E-state index in [9.17, 15) is 0 Å². The topological polar surface area (TPSA) is 44.5 Å². The summed E-state index contributed by atoms with van der Waals surface area (Å²) in [6.45, 7) is 5.17. The normalized spacial score (nSPS) is 12.0. The molecule has 2 aromatic rings. The van der Waals surface area contributed by atoms with E-state index in [1.807, 2.05) is 37.3 Å². The highest BCUT2D eigenvalue weighted by molar-refractivity contribution is 6.32. The lowest BCUT2D eigenvalue weighted by Crippen LogP contribution is -2.16. The van der Waals surface area contributed by atoms with Gasteiger partial charge < -0.3 is 15.2 Å². The smallest absolute Gasteiger partial charge is 0.137 e. The van der Waals surface area contributed by atoms with E-state index in [2.05, 4.69) is 13.0 Å². The van der Waals surface area contributed by atoms with Crippen molar-refractivity contribution >= 4 is 11.6 Å². The van der Waals surface area contributed by atoms with Gasteiger partial charge in [0.1, 0.15) is 11.5 Å². The van der Waals surface area contributed by atoms with Crippen LogP contribution in [0.25, 0.3) is 0 Å². The maximum absolute atomic E-state index is 6.28. The van der Waals surface area contributed by atoms with Gasteiger partial charge in [-0.3, -0.25) is 0 Å². The second-order valence-electron chi connectivity index (χ2n) is 5.58. The predicted molar refractivity (Wildman–Crippen MR) is 95.9 cm³/mol. The molecular formula is C19H24ClNO2. The molecule has 0 aromatic heterocycles. The average Bonchev–Trinajstić information content (AvgIpc) is 2.55. The van der Waals surface area contributed by atoms with Crippen molar-refractivity contribution in [1.82, 2.24) is 0 Å². The molecule has 0 aliphatic carbocycles. The molecule has 3 nitrogen and oxygen atoms in total. The average molecular weight is 334 g/mol. The van der Waals surface area contributed by atoms with Gasteiger partial charge in [-0.25, -0.2) is 0 Å². The number of benzene rings is 2. The minimum Gasteiger partial charge on any atom is -0.496 e. The van der Waals surface area contributed by atoms with Crippen molar-refractivity contribution < 1.29 is 9.47 Å². The maximum atomic E-state index is 6.28. The van der Waals surface area contributed by atoms with Crippen molar-refractivity contribution in [2.45, 2.75) is 26.2 Å². The summed E-state index contributed by atoms with van der Waals surface area (Å²) in [4.78, 5) is 0. The van der Waals surface area contributed by atoms with Crippen molar-refractivity contribution in [1.29, 1.82) is 0 Å². The van der Waals surface area contributed by atoms with Crippen LogP contribution in [0.4, 0.5) is 0 Å². The molecule has 23 heavy (non-hydrogen) atoms. The Kier molecular flexibility index (Phi) is 6.31. The first-order valence-corrected chi connectivity index (χ1v) is 8.22. The predicted octanol–water partition coefficient (Wildman–Crippen LogP) is 4.34. The summed E-state index contributed by atoms with van der Waals surface area (Å²) in [5.41, 5.74) is 9.50. The van der Waals surface area contributed by atoms with E-state index in [4.69, 9.17) is 26.8 Å². The molecule has 2 N–H and O–H groups in total. The molecule has 0 aliphatic rings. The summed E-state index contributed by atoms with van der Waals surface area (Å²) in [6, 6.07) is 12.1. The number of methoxy groups -OCH3 is 1. The molecule has 1 unspecified atom stereocenters. The Morgan fingerprint density at radius 3 is 2.48 bits per heavy atom. The molecule has 0 spiro atoms. The van der Waals surface area contributed by atoms with E-state index in [0.717, 1.165) is 29.0 Å². The largest absolute Gasteiger partial charge is 0.496 e. The molecule has 0 saturated carbocycles. The van der Waals surface area contributed by atoms with E-state index in [1.54, 1.807) is 7.11 Å². The number of hydrogen-bond donors (Lipinski definition) is 1. The molecule has 0 heterocycles. The zero-order valence-corrected chi connectivity index (χ0v) is 14.7. The second kappa shape index (κ2) is 8.23. The minimum atomic E-state index is 0.180. The molecule has 2 aromatic carbocycles. The summed E-state index contributed by atoms with van der Waals surface area (Å²) >= 11 is 6.28. The highest BCUT2D eigenvalue weighted by Crippen LogP contribution is 2.32. The third kappa shape index (κ3) is 4.40. The van der Waals surface area contributed by atoms with Gasteiger partial charge in [0, 0.05) is 5.92 Å². The van der Waals surface area contributed by atoms with Gasteiger partial charge in [0.05, 0.1) is 18.7 Å². The van der Waals surface area contributed by atoms with Gasteiger partial charge in [-0.15, -0.1) is 0 Å². The highest BCUT2D eigenvalue weighted by atomic mass is 35.5. The van der Waals surface area contributed by atoms with Gasteiger partial charge in [-0.05, 0) is 56.1 Å². The fourth-order valence-corrected chi connectivity index (χ4v) is 2.98.